The van der Waals surface area contributed by atoms with Crippen molar-refractivity contribution >= 4 is 23.2 Å². The molecule has 0 aliphatic rings. The first kappa shape index (κ1) is 24.1. The van der Waals surface area contributed by atoms with Crippen LogP contribution < -0.4 is 21.9 Å². The molecule has 3 N–H and O–H groups in total. The van der Waals surface area contributed by atoms with Crippen LogP contribution in [0.1, 0.15) is 37.2 Å². The van der Waals surface area contributed by atoms with Crippen molar-refractivity contribution in [3.05, 3.63) is 44.1 Å². The summed E-state index contributed by atoms with van der Waals surface area (Å²) in [5.41, 5.74) is 7.34. The number of aromatic nitrogens is 6. The summed E-state index contributed by atoms with van der Waals surface area (Å²) in [4.78, 5) is 50.4. The zero-order chi connectivity index (χ0) is 24.3. The third-order valence-electron chi connectivity index (χ3n) is 5.43. The van der Waals surface area contributed by atoms with Crippen LogP contribution in [-0.2, 0) is 22.5 Å². The lowest BCUT2D eigenvalue weighted by Gasteiger charge is -2.25. The number of carbonyl (C=O) groups is 1. The average Bonchev–Trinajstić information content (AvgIpc) is 3.21. The molecule has 0 aromatic carbocycles. The third kappa shape index (κ3) is 4.95. The number of aromatic amines is 1. The van der Waals surface area contributed by atoms with E-state index in [2.05, 4.69) is 20.1 Å². The minimum absolute atomic E-state index is 0.0417. The molecule has 3 heterocycles. The highest BCUT2D eigenvalue weighted by molar-refractivity contribution is 5.95. The van der Waals surface area contributed by atoms with Crippen LogP contribution in [0.3, 0.4) is 0 Å². The molecule has 0 aliphatic heterocycles. The van der Waals surface area contributed by atoms with Crippen molar-refractivity contribution in [3.63, 3.8) is 0 Å². The summed E-state index contributed by atoms with van der Waals surface area (Å²) in [6.45, 7) is 8.21. The predicted octanol–water partition coefficient (Wildman–Crippen LogP) is 0.442. The van der Waals surface area contributed by atoms with Crippen molar-refractivity contribution in [2.75, 3.05) is 30.9 Å². The molecule has 3 rings (SSSR count). The molecule has 0 fully saturated rings. The second-order valence-electron chi connectivity index (χ2n) is 8.27. The Labute approximate surface area is 190 Å². The molecule has 0 spiro atoms. The highest BCUT2D eigenvalue weighted by atomic mass is 16.5. The Hall–Kier alpha value is -3.54. The van der Waals surface area contributed by atoms with Gasteiger partial charge >= 0.3 is 5.69 Å². The summed E-state index contributed by atoms with van der Waals surface area (Å²) in [6, 6.07) is 0. The number of carbonyl (C=O) groups excluding carboxylic acids is 1. The molecule has 0 atom stereocenters. The van der Waals surface area contributed by atoms with Gasteiger partial charge in [-0.25, -0.2) is 14.3 Å². The van der Waals surface area contributed by atoms with Crippen LogP contribution in [0.15, 0.2) is 15.9 Å². The minimum Gasteiger partial charge on any atom is -0.383 e. The summed E-state index contributed by atoms with van der Waals surface area (Å²) in [7, 11) is 1.50. The van der Waals surface area contributed by atoms with Crippen molar-refractivity contribution < 1.29 is 9.53 Å². The summed E-state index contributed by atoms with van der Waals surface area (Å²) < 4.78 is 8.05. The highest BCUT2D eigenvalue weighted by Crippen LogP contribution is 2.20. The number of hydrogen-bond acceptors (Lipinski definition) is 8. The quantitative estimate of drug-likeness (QED) is 0.468. The number of nitrogens with one attached hydrogen (secondary N) is 1. The molecule has 33 heavy (non-hydrogen) atoms. The number of amides is 1. The monoisotopic (exact) mass is 458 g/mol. The van der Waals surface area contributed by atoms with Crippen LogP contribution in [0.2, 0.25) is 0 Å². The average molecular weight is 459 g/mol. The number of rotatable bonds is 9. The van der Waals surface area contributed by atoms with E-state index in [-0.39, 0.29) is 42.9 Å². The number of anilines is 2. The first-order valence-electron chi connectivity index (χ1n) is 10.7. The number of hydrogen-bond donors (Lipinski definition) is 2. The highest BCUT2D eigenvalue weighted by Gasteiger charge is 2.25. The number of ether oxygens (including phenoxy) is 1. The summed E-state index contributed by atoms with van der Waals surface area (Å²) in [5, 5.41) is 4.17. The number of methoxy groups -OCH3 is 1. The van der Waals surface area contributed by atoms with Gasteiger partial charge in [-0.2, -0.15) is 10.1 Å². The van der Waals surface area contributed by atoms with Crippen LogP contribution in [0.4, 0.5) is 11.5 Å². The Morgan fingerprint density at radius 1 is 1.30 bits per heavy atom. The molecule has 3 aromatic heterocycles. The van der Waals surface area contributed by atoms with Gasteiger partial charge in [-0.3, -0.25) is 19.1 Å². The Morgan fingerprint density at radius 3 is 2.70 bits per heavy atom. The lowest BCUT2D eigenvalue weighted by atomic mass is 10.1. The topological polar surface area (TPSA) is 153 Å². The van der Waals surface area contributed by atoms with Crippen LogP contribution >= 0.6 is 0 Å². The smallest absolute Gasteiger partial charge is 0.330 e. The second-order valence-corrected chi connectivity index (χ2v) is 8.27. The van der Waals surface area contributed by atoms with Crippen molar-refractivity contribution in [3.8, 4) is 0 Å². The van der Waals surface area contributed by atoms with Crippen molar-refractivity contribution in [2.45, 2.75) is 47.1 Å². The second kappa shape index (κ2) is 9.94. The molecule has 0 aliphatic carbocycles. The molecule has 178 valence electrons. The lowest BCUT2D eigenvalue weighted by Crippen LogP contribution is -2.43. The summed E-state index contributed by atoms with van der Waals surface area (Å²) in [6.07, 6.45) is 1.90. The zero-order valence-electron chi connectivity index (χ0n) is 19.6. The predicted molar refractivity (Wildman–Crippen MR) is 123 cm³/mol. The van der Waals surface area contributed by atoms with E-state index in [1.807, 2.05) is 27.7 Å². The Kier molecular flexibility index (Phi) is 7.26. The van der Waals surface area contributed by atoms with Gasteiger partial charge in [0.05, 0.1) is 6.61 Å². The van der Waals surface area contributed by atoms with Crippen molar-refractivity contribution in [1.29, 1.82) is 0 Å². The molecule has 0 saturated carbocycles. The number of nitrogens with two attached hydrogens (primary N) is 1. The van der Waals surface area contributed by atoms with Crippen LogP contribution in [0, 0.1) is 19.8 Å². The first-order chi connectivity index (χ1) is 15.6. The summed E-state index contributed by atoms with van der Waals surface area (Å²) in [5.74, 6) is 0.238. The van der Waals surface area contributed by atoms with Crippen LogP contribution in [0.25, 0.3) is 5.78 Å². The van der Waals surface area contributed by atoms with E-state index in [0.717, 1.165) is 17.0 Å². The molecule has 12 heteroatoms. The zero-order valence-corrected chi connectivity index (χ0v) is 19.6. The van der Waals surface area contributed by atoms with Crippen molar-refractivity contribution in [2.24, 2.45) is 5.92 Å². The molecular formula is C21H30N8O4. The summed E-state index contributed by atoms with van der Waals surface area (Å²) >= 11 is 0. The molecule has 0 saturated heterocycles. The van der Waals surface area contributed by atoms with Gasteiger partial charge in [0.25, 0.3) is 11.3 Å². The maximum Gasteiger partial charge on any atom is 0.330 e. The Bertz CT molecular complexity index is 1270. The van der Waals surface area contributed by atoms with Gasteiger partial charge in [0.2, 0.25) is 5.91 Å². The van der Waals surface area contributed by atoms with Gasteiger partial charge in [-0.15, -0.1) is 0 Å². The van der Waals surface area contributed by atoms with E-state index in [9.17, 15) is 14.4 Å². The molecule has 1 amide bonds. The van der Waals surface area contributed by atoms with E-state index >= 15 is 0 Å². The van der Waals surface area contributed by atoms with E-state index < -0.39 is 11.2 Å². The number of H-pyrrole nitrogens is 1. The fourth-order valence-electron chi connectivity index (χ4n) is 3.81. The maximum absolute atomic E-state index is 13.3. The SMILES string of the molecule is COCCN(C(=O)CCc1c(C)nc2ncnn2c1C)c1c(N)n(CC(C)C)c(=O)[nH]c1=O. The van der Waals surface area contributed by atoms with Crippen LogP contribution in [-0.4, -0.2) is 55.3 Å². The van der Waals surface area contributed by atoms with Gasteiger partial charge in [-0.1, -0.05) is 13.8 Å². The first-order valence-corrected chi connectivity index (χ1v) is 10.7. The van der Waals surface area contributed by atoms with Gasteiger partial charge in [0.15, 0.2) is 5.69 Å². The number of fused-ring (bicyclic) bond motifs is 1. The molecule has 12 nitrogen and oxygen atoms in total. The number of nitrogen functional groups attached to an aromatic ring is 1. The van der Waals surface area contributed by atoms with E-state index in [1.165, 1.54) is 22.9 Å². The van der Waals surface area contributed by atoms with Gasteiger partial charge in [-0.05, 0) is 31.7 Å². The van der Waals surface area contributed by atoms with Gasteiger partial charge < -0.3 is 15.4 Å². The fraction of sp³-hybridized carbons (Fsp3) is 0.524. The third-order valence-corrected chi connectivity index (χ3v) is 5.43. The largest absolute Gasteiger partial charge is 0.383 e. The maximum atomic E-state index is 13.3. The normalized spacial score (nSPS) is 11.5. The van der Waals surface area contributed by atoms with E-state index in [0.29, 0.717) is 18.7 Å². The van der Waals surface area contributed by atoms with Gasteiger partial charge in [0.1, 0.15) is 12.1 Å². The molecular weight excluding hydrogens is 428 g/mol. The minimum atomic E-state index is -0.708. The van der Waals surface area contributed by atoms with Crippen molar-refractivity contribution in [1.82, 2.24) is 29.1 Å². The molecule has 0 bridgehead atoms. The standard InChI is InChI=1S/C21H30N8O4/c1-12(2)10-28-18(22)17(19(31)26-21(28)32)27(8-9-33-5)16(30)7-6-15-13(3)25-20-23-11-24-29(20)14(15)4/h11-12H,6-10,22H2,1-5H3,(H,26,31,32). The van der Waals surface area contributed by atoms with E-state index in [1.54, 1.807) is 4.52 Å². The van der Waals surface area contributed by atoms with Crippen LogP contribution in [0.5, 0.6) is 0 Å². The molecule has 0 unspecified atom stereocenters. The Morgan fingerprint density at radius 2 is 2.03 bits per heavy atom. The van der Waals surface area contributed by atoms with E-state index in [4.69, 9.17) is 10.5 Å². The Balaban J connectivity index is 1.95. The fourth-order valence-corrected chi connectivity index (χ4v) is 3.81. The van der Waals surface area contributed by atoms with Gasteiger partial charge in [0, 0.05) is 38.0 Å². The molecule has 3 aromatic rings. The molecule has 0 radical (unpaired) electrons. The number of nitrogens with zero attached hydrogens (tertiary/aromatic N) is 6. The lowest BCUT2D eigenvalue weighted by molar-refractivity contribution is -0.118. The number of aryl methyl sites for hydroxylation is 2.